The molecule has 1 aromatic heterocycles. The smallest absolute Gasteiger partial charge is 0.222 e. The van der Waals surface area contributed by atoms with Crippen LogP contribution in [0.1, 0.15) is 23.7 Å². The number of carbonyl (C=O) groups excluding carboxylic acids is 1. The summed E-state index contributed by atoms with van der Waals surface area (Å²) in [6.07, 6.45) is 0.911. The number of carbonyl (C=O) groups is 1. The Hall–Kier alpha value is -2.14. The van der Waals surface area contributed by atoms with E-state index in [1.54, 1.807) is 0 Å². The molecule has 0 saturated carbocycles. The van der Waals surface area contributed by atoms with Crippen LogP contribution in [-0.4, -0.2) is 27.5 Å². The van der Waals surface area contributed by atoms with Gasteiger partial charge >= 0.3 is 0 Å². The maximum atomic E-state index is 11.1. The minimum Gasteiger partial charge on any atom is -0.309 e. The van der Waals surface area contributed by atoms with Crippen LogP contribution in [0.15, 0.2) is 30.3 Å². The van der Waals surface area contributed by atoms with Gasteiger partial charge in [-0.1, -0.05) is 30.3 Å². The van der Waals surface area contributed by atoms with Crippen LogP contribution in [0.2, 0.25) is 0 Å². The molecule has 20 heavy (non-hydrogen) atoms. The molecule has 2 aromatic rings. The number of fused-ring (bicyclic) bond motifs is 1. The summed E-state index contributed by atoms with van der Waals surface area (Å²) < 4.78 is 0. The number of amides is 1. The van der Waals surface area contributed by atoms with Gasteiger partial charge in [-0.15, -0.1) is 0 Å². The minimum atomic E-state index is -0.0778. The van der Waals surface area contributed by atoms with Crippen molar-refractivity contribution in [3.05, 3.63) is 47.2 Å². The molecule has 0 radical (unpaired) electrons. The molecule has 2 heterocycles. The lowest BCUT2D eigenvalue weighted by Crippen LogP contribution is -2.30. The molecule has 3 rings (SSSR count). The van der Waals surface area contributed by atoms with E-state index in [1.807, 2.05) is 6.07 Å². The zero-order valence-electron chi connectivity index (χ0n) is 11.5. The minimum absolute atomic E-state index is 0.0778. The normalized spacial score (nSPS) is 14.8. The van der Waals surface area contributed by atoms with Crippen LogP contribution in [0, 0.1) is 0 Å². The van der Waals surface area contributed by atoms with E-state index < -0.39 is 0 Å². The highest BCUT2D eigenvalue weighted by Gasteiger charge is 2.22. The van der Waals surface area contributed by atoms with Gasteiger partial charge < -0.3 is 5.32 Å². The van der Waals surface area contributed by atoms with Crippen LogP contribution < -0.4 is 5.32 Å². The fourth-order valence-electron chi connectivity index (χ4n) is 2.62. The lowest BCUT2D eigenvalue weighted by molar-refractivity contribution is -0.114. The summed E-state index contributed by atoms with van der Waals surface area (Å²) in [5, 5.41) is 10.0. The maximum Gasteiger partial charge on any atom is 0.222 e. The van der Waals surface area contributed by atoms with E-state index in [0.29, 0.717) is 5.82 Å². The molecule has 2 N–H and O–H groups in total. The number of hydrogen-bond donors (Lipinski definition) is 2. The van der Waals surface area contributed by atoms with Crippen molar-refractivity contribution in [3.63, 3.8) is 0 Å². The molecule has 1 amide bonds. The van der Waals surface area contributed by atoms with Crippen LogP contribution in [0.4, 0.5) is 5.82 Å². The Labute approximate surface area is 118 Å². The largest absolute Gasteiger partial charge is 0.309 e. The molecule has 0 unspecified atom stereocenters. The first-order valence-corrected chi connectivity index (χ1v) is 6.82. The van der Waals surface area contributed by atoms with Gasteiger partial charge in [0.15, 0.2) is 5.82 Å². The van der Waals surface area contributed by atoms with E-state index in [0.717, 1.165) is 37.3 Å². The molecule has 5 heteroatoms. The van der Waals surface area contributed by atoms with Gasteiger partial charge in [-0.05, 0) is 12.0 Å². The number of H-pyrrole nitrogens is 1. The number of nitrogens with zero attached hydrogens (tertiary/aromatic N) is 2. The summed E-state index contributed by atoms with van der Waals surface area (Å²) in [5.74, 6) is 0.609. The third kappa shape index (κ3) is 2.72. The van der Waals surface area contributed by atoms with Crippen LogP contribution in [0.3, 0.4) is 0 Å². The Morgan fingerprint density at radius 2 is 2.20 bits per heavy atom. The fourth-order valence-corrected chi connectivity index (χ4v) is 2.62. The first kappa shape index (κ1) is 12.9. The molecule has 1 aliphatic rings. The third-order valence-electron chi connectivity index (χ3n) is 3.56. The average molecular weight is 270 g/mol. The quantitative estimate of drug-likeness (QED) is 0.896. The average Bonchev–Trinajstić information content (AvgIpc) is 2.82. The summed E-state index contributed by atoms with van der Waals surface area (Å²) >= 11 is 0. The molecule has 1 aliphatic heterocycles. The van der Waals surface area contributed by atoms with Gasteiger partial charge in [0.2, 0.25) is 5.91 Å². The second-order valence-corrected chi connectivity index (χ2v) is 5.16. The fraction of sp³-hybridized carbons (Fsp3) is 0.333. The first-order chi connectivity index (χ1) is 9.72. The molecule has 0 spiro atoms. The van der Waals surface area contributed by atoms with Gasteiger partial charge in [-0.25, -0.2) is 0 Å². The highest BCUT2D eigenvalue weighted by Crippen LogP contribution is 2.24. The molecule has 0 bridgehead atoms. The van der Waals surface area contributed by atoms with E-state index >= 15 is 0 Å². The Balaban J connectivity index is 1.70. The third-order valence-corrected chi connectivity index (χ3v) is 3.56. The lowest BCUT2D eigenvalue weighted by atomic mass is 10.1. The molecule has 0 fully saturated rings. The summed E-state index contributed by atoms with van der Waals surface area (Å²) in [6.45, 7) is 4.27. The molecular formula is C15H18N4O. The van der Waals surface area contributed by atoms with E-state index in [1.165, 1.54) is 12.5 Å². The zero-order valence-corrected chi connectivity index (χ0v) is 11.5. The van der Waals surface area contributed by atoms with Gasteiger partial charge in [0, 0.05) is 32.1 Å². The van der Waals surface area contributed by atoms with Crippen molar-refractivity contribution in [1.29, 1.82) is 0 Å². The summed E-state index contributed by atoms with van der Waals surface area (Å²) in [6, 6.07) is 10.5. The van der Waals surface area contributed by atoms with Crippen LogP contribution in [0.5, 0.6) is 0 Å². The van der Waals surface area contributed by atoms with E-state index in [-0.39, 0.29) is 5.91 Å². The van der Waals surface area contributed by atoms with Crippen LogP contribution in [0.25, 0.3) is 0 Å². The second-order valence-electron chi connectivity index (χ2n) is 5.16. The van der Waals surface area contributed by atoms with Crippen LogP contribution >= 0.6 is 0 Å². The van der Waals surface area contributed by atoms with Crippen molar-refractivity contribution < 1.29 is 4.79 Å². The van der Waals surface area contributed by atoms with Crippen molar-refractivity contribution in [3.8, 4) is 0 Å². The number of benzene rings is 1. The number of aromatic amines is 1. The highest BCUT2D eigenvalue weighted by atomic mass is 16.1. The zero-order chi connectivity index (χ0) is 13.9. The predicted molar refractivity (Wildman–Crippen MR) is 77.2 cm³/mol. The van der Waals surface area contributed by atoms with E-state index in [4.69, 9.17) is 0 Å². The Morgan fingerprint density at radius 3 is 2.95 bits per heavy atom. The number of nitrogens with one attached hydrogen (secondary N) is 2. The molecule has 5 nitrogen and oxygen atoms in total. The van der Waals surface area contributed by atoms with E-state index in [2.05, 4.69) is 44.7 Å². The number of aromatic nitrogens is 2. The molecule has 0 aliphatic carbocycles. The highest BCUT2D eigenvalue weighted by molar-refractivity contribution is 5.88. The van der Waals surface area contributed by atoms with Crippen LogP contribution in [-0.2, 0) is 24.3 Å². The Bertz CT molecular complexity index is 606. The molecule has 1 aromatic carbocycles. The van der Waals surface area contributed by atoms with Crippen molar-refractivity contribution >= 4 is 11.7 Å². The van der Waals surface area contributed by atoms with Gasteiger partial charge in [0.05, 0.1) is 5.69 Å². The maximum absolute atomic E-state index is 11.1. The number of anilines is 1. The topological polar surface area (TPSA) is 61.0 Å². The summed E-state index contributed by atoms with van der Waals surface area (Å²) in [7, 11) is 0. The predicted octanol–water partition coefficient (Wildman–Crippen LogP) is 1.93. The van der Waals surface area contributed by atoms with Crippen molar-refractivity contribution in [2.45, 2.75) is 26.4 Å². The number of rotatable bonds is 3. The molecule has 0 atom stereocenters. The van der Waals surface area contributed by atoms with Gasteiger partial charge in [-0.2, -0.15) is 5.10 Å². The molecular weight excluding hydrogens is 252 g/mol. The van der Waals surface area contributed by atoms with Gasteiger partial charge in [-0.3, -0.25) is 14.8 Å². The number of hydrogen-bond acceptors (Lipinski definition) is 3. The monoisotopic (exact) mass is 270 g/mol. The standard InChI is InChI=1S/C15H18N4O/c1-11(20)16-15-13-7-8-19(10-14(13)17-18-15)9-12-5-3-2-4-6-12/h2-6H,7-10H2,1H3,(H2,16,17,18,20). The molecule has 0 saturated heterocycles. The summed E-state index contributed by atoms with van der Waals surface area (Å²) in [5.41, 5.74) is 3.57. The lowest BCUT2D eigenvalue weighted by Gasteiger charge is -2.26. The Morgan fingerprint density at radius 1 is 1.40 bits per heavy atom. The van der Waals surface area contributed by atoms with Crippen molar-refractivity contribution in [2.75, 3.05) is 11.9 Å². The first-order valence-electron chi connectivity index (χ1n) is 6.82. The van der Waals surface area contributed by atoms with E-state index in [9.17, 15) is 4.79 Å². The summed E-state index contributed by atoms with van der Waals surface area (Å²) in [4.78, 5) is 13.5. The van der Waals surface area contributed by atoms with Crippen molar-refractivity contribution in [2.24, 2.45) is 0 Å². The SMILES string of the molecule is CC(=O)Nc1n[nH]c2c1CCN(Cc1ccccc1)C2. The second kappa shape index (κ2) is 5.46. The Kier molecular flexibility index (Phi) is 3.52. The van der Waals surface area contributed by atoms with Gasteiger partial charge in [0.25, 0.3) is 0 Å². The molecule has 104 valence electrons. The van der Waals surface area contributed by atoms with Gasteiger partial charge in [0.1, 0.15) is 0 Å². The van der Waals surface area contributed by atoms with Crippen molar-refractivity contribution in [1.82, 2.24) is 15.1 Å².